The number of likely N-dealkylation sites (N-methyl/N-ethyl adjacent to an activating group) is 1. The van der Waals surface area contributed by atoms with E-state index in [0.717, 1.165) is 63.7 Å². The maximum absolute atomic E-state index is 5.66. The van der Waals surface area contributed by atoms with Crippen LogP contribution in [0.3, 0.4) is 0 Å². The molecule has 0 radical (unpaired) electrons. The minimum absolute atomic E-state index is 0.781. The summed E-state index contributed by atoms with van der Waals surface area (Å²) >= 11 is 0. The molecule has 0 unspecified atom stereocenters. The largest absolute Gasteiger partial charge is 0.381 e. The Morgan fingerprint density at radius 2 is 1.92 bits per heavy atom. The van der Waals surface area contributed by atoms with E-state index in [-0.39, 0.29) is 0 Å². The third-order valence-corrected chi connectivity index (χ3v) is 5.07. The molecule has 0 atom stereocenters. The summed E-state index contributed by atoms with van der Waals surface area (Å²) in [7, 11) is 2.26. The van der Waals surface area contributed by atoms with Gasteiger partial charge in [0.15, 0.2) is 5.96 Å². The molecule has 5 nitrogen and oxygen atoms in total. The molecule has 0 aromatic carbocycles. The number of hydrogen-bond acceptors (Lipinski definition) is 3. The van der Waals surface area contributed by atoms with Crippen LogP contribution < -0.4 is 10.6 Å². The molecular weight excluding hydrogens is 300 g/mol. The van der Waals surface area contributed by atoms with Crippen molar-refractivity contribution in [2.24, 2.45) is 10.9 Å². The zero-order chi connectivity index (χ0) is 17.0. The van der Waals surface area contributed by atoms with Gasteiger partial charge in [0.1, 0.15) is 0 Å². The average molecular weight is 339 g/mol. The fourth-order valence-electron chi connectivity index (χ4n) is 3.29. The first kappa shape index (κ1) is 19.5. The van der Waals surface area contributed by atoms with Crippen molar-refractivity contribution in [3.8, 4) is 0 Å². The van der Waals surface area contributed by atoms with Crippen molar-refractivity contribution < 1.29 is 4.74 Å². The van der Waals surface area contributed by atoms with Crippen LogP contribution in [0, 0.1) is 5.92 Å². The van der Waals surface area contributed by atoms with Crippen molar-refractivity contribution in [1.29, 1.82) is 0 Å². The Kier molecular flexibility index (Phi) is 9.51. The number of aliphatic imine (C=N–C) groups is 1. The van der Waals surface area contributed by atoms with Crippen LogP contribution in [0.25, 0.3) is 0 Å². The average Bonchev–Trinajstić information content (AvgIpc) is 3.43. The van der Waals surface area contributed by atoms with Crippen LogP contribution in [0.2, 0.25) is 0 Å². The zero-order valence-corrected chi connectivity index (χ0v) is 15.9. The molecule has 0 saturated heterocycles. The lowest BCUT2D eigenvalue weighted by Crippen LogP contribution is -2.43. The van der Waals surface area contributed by atoms with Gasteiger partial charge in [0, 0.05) is 45.4 Å². The van der Waals surface area contributed by atoms with Gasteiger partial charge in [-0.3, -0.25) is 4.99 Å². The minimum Gasteiger partial charge on any atom is -0.381 e. The summed E-state index contributed by atoms with van der Waals surface area (Å²) in [5.74, 6) is 1.80. The molecule has 140 valence electrons. The standard InChI is InChI=1S/C19H38N4O/c1-3-20-19(21-12-7-15-24-16-17-10-11-17)22-13-14-23(2)18-8-5-4-6-9-18/h17-18H,3-16H2,1-2H3,(H2,20,21,22). The summed E-state index contributed by atoms with van der Waals surface area (Å²) < 4.78 is 5.66. The highest BCUT2D eigenvalue weighted by atomic mass is 16.5. The van der Waals surface area contributed by atoms with Gasteiger partial charge in [-0.05, 0) is 52.0 Å². The van der Waals surface area contributed by atoms with Crippen LogP contribution in [0.4, 0.5) is 0 Å². The van der Waals surface area contributed by atoms with Gasteiger partial charge >= 0.3 is 0 Å². The number of nitrogens with one attached hydrogen (secondary N) is 2. The summed E-state index contributed by atoms with van der Waals surface area (Å²) in [6.07, 6.45) is 10.7. The maximum atomic E-state index is 5.66. The van der Waals surface area contributed by atoms with Crippen LogP contribution in [0.5, 0.6) is 0 Å². The Labute approximate surface area is 148 Å². The second-order valence-corrected chi connectivity index (χ2v) is 7.33. The van der Waals surface area contributed by atoms with E-state index in [1.807, 2.05) is 0 Å². The molecular formula is C19H38N4O. The Balaban J connectivity index is 1.55. The van der Waals surface area contributed by atoms with Crippen LogP contribution in [0.1, 0.15) is 58.3 Å². The van der Waals surface area contributed by atoms with Gasteiger partial charge in [0.05, 0.1) is 0 Å². The number of rotatable bonds is 11. The fraction of sp³-hybridized carbons (Fsp3) is 0.947. The molecule has 0 aromatic rings. The normalized spacial score (nSPS) is 19.7. The first-order chi connectivity index (χ1) is 11.8. The lowest BCUT2D eigenvalue weighted by molar-refractivity contribution is 0.123. The minimum atomic E-state index is 0.781. The molecule has 2 aliphatic carbocycles. The molecule has 24 heavy (non-hydrogen) atoms. The molecule has 2 saturated carbocycles. The number of hydrogen-bond donors (Lipinski definition) is 2. The van der Waals surface area contributed by atoms with Crippen molar-refractivity contribution in [2.45, 2.75) is 64.3 Å². The molecule has 2 rings (SSSR count). The topological polar surface area (TPSA) is 48.9 Å². The van der Waals surface area contributed by atoms with E-state index < -0.39 is 0 Å². The maximum Gasteiger partial charge on any atom is 0.191 e. The van der Waals surface area contributed by atoms with Gasteiger partial charge in [-0.1, -0.05) is 19.3 Å². The van der Waals surface area contributed by atoms with Gasteiger partial charge in [-0.15, -0.1) is 0 Å². The van der Waals surface area contributed by atoms with E-state index >= 15 is 0 Å². The van der Waals surface area contributed by atoms with Crippen LogP contribution >= 0.6 is 0 Å². The van der Waals surface area contributed by atoms with E-state index in [1.54, 1.807) is 0 Å². The predicted octanol–water partition coefficient (Wildman–Crippen LogP) is 2.62. The number of nitrogens with zero attached hydrogens (tertiary/aromatic N) is 2. The lowest BCUT2D eigenvalue weighted by Gasteiger charge is -2.31. The van der Waals surface area contributed by atoms with Crippen molar-refractivity contribution in [3.05, 3.63) is 0 Å². The van der Waals surface area contributed by atoms with Gasteiger partial charge in [-0.25, -0.2) is 0 Å². The van der Waals surface area contributed by atoms with Gasteiger partial charge in [0.2, 0.25) is 0 Å². The van der Waals surface area contributed by atoms with E-state index in [2.05, 4.69) is 34.5 Å². The van der Waals surface area contributed by atoms with E-state index in [9.17, 15) is 0 Å². The number of ether oxygens (including phenoxy) is 1. The molecule has 0 amide bonds. The van der Waals surface area contributed by atoms with Crippen molar-refractivity contribution in [3.63, 3.8) is 0 Å². The van der Waals surface area contributed by atoms with Gasteiger partial charge < -0.3 is 20.3 Å². The third-order valence-electron chi connectivity index (χ3n) is 5.07. The number of guanidine groups is 1. The second kappa shape index (κ2) is 11.7. The smallest absolute Gasteiger partial charge is 0.191 e. The second-order valence-electron chi connectivity index (χ2n) is 7.33. The fourth-order valence-corrected chi connectivity index (χ4v) is 3.29. The van der Waals surface area contributed by atoms with Crippen LogP contribution in [-0.2, 0) is 4.74 Å². The molecule has 2 aliphatic rings. The summed E-state index contributed by atoms with van der Waals surface area (Å²) in [6.45, 7) is 7.68. The molecule has 5 heteroatoms. The van der Waals surface area contributed by atoms with Gasteiger partial charge in [0.25, 0.3) is 0 Å². The Hall–Kier alpha value is -0.810. The predicted molar refractivity (Wildman–Crippen MR) is 102 cm³/mol. The summed E-state index contributed by atoms with van der Waals surface area (Å²) in [5.41, 5.74) is 0. The Morgan fingerprint density at radius 1 is 1.12 bits per heavy atom. The Bertz CT molecular complexity index is 351. The molecule has 2 N–H and O–H groups in total. The molecule has 0 bridgehead atoms. The third kappa shape index (κ3) is 8.34. The molecule has 0 aliphatic heterocycles. The summed E-state index contributed by atoms with van der Waals surface area (Å²) in [5, 5.41) is 6.80. The van der Waals surface area contributed by atoms with Crippen LogP contribution in [-0.4, -0.2) is 63.3 Å². The van der Waals surface area contributed by atoms with Gasteiger partial charge in [-0.2, -0.15) is 0 Å². The highest BCUT2D eigenvalue weighted by Gasteiger charge is 2.20. The van der Waals surface area contributed by atoms with Crippen LogP contribution in [0.15, 0.2) is 4.99 Å². The zero-order valence-electron chi connectivity index (χ0n) is 15.9. The lowest BCUT2D eigenvalue weighted by atomic mass is 9.94. The van der Waals surface area contributed by atoms with Crippen molar-refractivity contribution in [1.82, 2.24) is 15.5 Å². The van der Waals surface area contributed by atoms with E-state index in [0.29, 0.717) is 0 Å². The van der Waals surface area contributed by atoms with E-state index in [4.69, 9.17) is 4.74 Å². The molecule has 2 fully saturated rings. The summed E-state index contributed by atoms with van der Waals surface area (Å²) in [6, 6.07) is 0.781. The first-order valence-electron chi connectivity index (χ1n) is 10.1. The monoisotopic (exact) mass is 338 g/mol. The highest BCUT2D eigenvalue weighted by Crippen LogP contribution is 2.28. The Morgan fingerprint density at radius 3 is 2.62 bits per heavy atom. The van der Waals surface area contributed by atoms with Crippen molar-refractivity contribution in [2.75, 3.05) is 46.4 Å². The van der Waals surface area contributed by atoms with E-state index in [1.165, 1.54) is 44.9 Å². The molecule has 0 aromatic heterocycles. The SMILES string of the molecule is CCNC(=NCCCOCC1CC1)NCCN(C)C1CCCCC1. The highest BCUT2D eigenvalue weighted by molar-refractivity contribution is 5.79. The molecule has 0 spiro atoms. The molecule has 0 heterocycles. The van der Waals surface area contributed by atoms with Crippen molar-refractivity contribution >= 4 is 5.96 Å². The first-order valence-corrected chi connectivity index (χ1v) is 10.1. The quantitative estimate of drug-likeness (QED) is 0.345. The summed E-state index contributed by atoms with van der Waals surface area (Å²) in [4.78, 5) is 7.17.